The Hall–Kier alpha value is -3.82. The number of anilines is 3. The minimum atomic E-state index is -2.90. The van der Waals surface area contributed by atoms with Crippen molar-refractivity contribution in [2.75, 3.05) is 11.1 Å². The first-order valence-electron chi connectivity index (χ1n) is 9.45. The third kappa shape index (κ3) is 4.37. The van der Waals surface area contributed by atoms with E-state index in [-0.39, 0.29) is 29.3 Å². The molecule has 10 heteroatoms. The van der Waals surface area contributed by atoms with Crippen LogP contribution in [-0.2, 0) is 0 Å². The first-order chi connectivity index (χ1) is 14.8. The van der Waals surface area contributed by atoms with Crippen LogP contribution >= 0.6 is 0 Å². The number of hydrogen-bond acceptors (Lipinski definition) is 6. The van der Waals surface area contributed by atoms with Crippen LogP contribution in [0.4, 0.5) is 30.6 Å². The van der Waals surface area contributed by atoms with Crippen molar-refractivity contribution in [3.63, 3.8) is 0 Å². The summed E-state index contributed by atoms with van der Waals surface area (Å²) in [5.41, 5.74) is 7.75. The maximum Gasteiger partial charge on any atom is 0.387 e. The number of nitrogens with one attached hydrogen (secondary N) is 1. The van der Waals surface area contributed by atoms with Gasteiger partial charge in [-0.2, -0.15) is 18.7 Å². The lowest BCUT2D eigenvalue weighted by molar-refractivity contribution is -0.0498. The quantitative estimate of drug-likeness (QED) is 0.449. The number of halogens is 3. The molecule has 0 saturated carbocycles. The van der Waals surface area contributed by atoms with Gasteiger partial charge < -0.3 is 15.8 Å². The second kappa shape index (κ2) is 8.13. The second-order valence-corrected chi connectivity index (χ2v) is 7.10. The van der Waals surface area contributed by atoms with E-state index in [0.29, 0.717) is 28.4 Å². The number of benzene rings is 2. The van der Waals surface area contributed by atoms with Gasteiger partial charge in [-0.1, -0.05) is 13.8 Å². The van der Waals surface area contributed by atoms with E-state index in [1.165, 1.54) is 24.3 Å². The Labute approximate surface area is 175 Å². The molecule has 160 valence electrons. The highest BCUT2D eigenvalue weighted by Gasteiger charge is 2.18. The van der Waals surface area contributed by atoms with Crippen LogP contribution in [0.1, 0.15) is 25.6 Å². The zero-order valence-electron chi connectivity index (χ0n) is 16.7. The molecule has 0 saturated heterocycles. The number of hydrogen-bond donors (Lipinski definition) is 2. The Bertz CT molecular complexity index is 1220. The van der Waals surface area contributed by atoms with E-state index in [1.54, 1.807) is 24.3 Å². The van der Waals surface area contributed by atoms with Gasteiger partial charge in [0, 0.05) is 23.7 Å². The van der Waals surface area contributed by atoms with Crippen molar-refractivity contribution >= 4 is 28.5 Å². The number of nitrogens with zero attached hydrogens (tertiary/aromatic N) is 4. The third-order valence-electron chi connectivity index (χ3n) is 4.46. The fourth-order valence-electron chi connectivity index (χ4n) is 3.17. The third-order valence-corrected chi connectivity index (χ3v) is 4.46. The van der Waals surface area contributed by atoms with Crippen LogP contribution in [0.3, 0.4) is 0 Å². The van der Waals surface area contributed by atoms with Gasteiger partial charge in [0.25, 0.3) is 0 Å². The molecule has 0 aliphatic heterocycles. The van der Waals surface area contributed by atoms with E-state index in [2.05, 4.69) is 25.0 Å². The van der Waals surface area contributed by atoms with Crippen molar-refractivity contribution in [3.8, 4) is 11.6 Å². The average Bonchev–Trinajstić information content (AvgIpc) is 3.07. The summed E-state index contributed by atoms with van der Waals surface area (Å²) in [6.07, 6.45) is 0. The summed E-state index contributed by atoms with van der Waals surface area (Å²) in [7, 11) is 0. The van der Waals surface area contributed by atoms with Crippen LogP contribution < -0.4 is 15.8 Å². The Morgan fingerprint density at radius 2 is 1.74 bits per heavy atom. The lowest BCUT2D eigenvalue weighted by atomic mass is 10.2. The zero-order valence-corrected chi connectivity index (χ0v) is 16.7. The molecule has 4 rings (SSSR count). The number of nitrogens with two attached hydrogens (primary N) is 1. The monoisotopic (exact) mass is 428 g/mol. The van der Waals surface area contributed by atoms with E-state index in [0.717, 1.165) is 0 Å². The first-order valence-corrected chi connectivity index (χ1v) is 9.45. The van der Waals surface area contributed by atoms with Gasteiger partial charge in [-0.15, -0.1) is 0 Å². The molecule has 0 aliphatic carbocycles. The fraction of sp³-hybridized carbons (Fsp3) is 0.190. The molecule has 0 atom stereocenters. The number of aromatic nitrogens is 4. The standard InChI is InChI=1S/C21H19F3N6O/c1-11(2)19-27-15-9-12(22)3-8-16(15)30(19)18-10-17(25)28-21(29-18)26-13-4-6-14(7-5-13)31-20(23)24/h3-11,20H,1-2H3,(H3,25,26,28,29). The molecule has 0 amide bonds. The molecular weight excluding hydrogens is 409 g/mol. The number of nitrogen functional groups attached to an aromatic ring is 1. The van der Waals surface area contributed by atoms with Gasteiger partial charge in [-0.05, 0) is 36.4 Å². The van der Waals surface area contributed by atoms with Crippen molar-refractivity contribution in [2.24, 2.45) is 0 Å². The fourth-order valence-corrected chi connectivity index (χ4v) is 3.17. The molecule has 4 aromatic rings. The molecule has 2 heterocycles. The van der Waals surface area contributed by atoms with Crippen LogP contribution in [0, 0.1) is 5.82 Å². The van der Waals surface area contributed by atoms with Gasteiger partial charge in [-0.3, -0.25) is 4.57 Å². The summed E-state index contributed by atoms with van der Waals surface area (Å²) in [4.78, 5) is 13.3. The van der Waals surface area contributed by atoms with E-state index < -0.39 is 6.61 Å². The minimum Gasteiger partial charge on any atom is -0.435 e. The number of ether oxygens (including phenoxy) is 1. The van der Waals surface area contributed by atoms with Gasteiger partial charge in [0.2, 0.25) is 5.95 Å². The van der Waals surface area contributed by atoms with Gasteiger partial charge in [0.1, 0.15) is 29.0 Å². The normalized spacial score (nSPS) is 11.5. The van der Waals surface area contributed by atoms with Gasteiger partial charge >= 0.3 is 6.61 Å². The first kappa shape index (κ1) is 20.5. The predicted octanol–water partition coefficient (Wildman–Crippen LogP) is 5.01. The highest BCUT2D eigenvalue weighted by Crippen LogP contribution is 2.28. The molecule has 0 unspecified atom stereocenters. The molecule has 0 fully saturated rings. The van der Waals surface area contributed by atoms with Crippen molar-refractivity contribution in [3.05, 3.63) is 60.2 Å². The summed E-state index contributed by atoms with van der Waals surface area (Å²) in [5, 5.41) is 2.99. The Morgan fingerprint density at radius 3 is 2.42 bits per heavy atom. The maximum absolute atomic E-state index is 13.7. The van der Waals surface area contributed by atoms with E-state index in [1.807, 2.05) is 18.4 Å². The predicted molar refractivity (Wildman–Crippen MR) is 111 cm³/mol. The summed E-state index contributed by atoms with van der Waals surface area (Å²) in [5.74, 6) is 1.26. The minimum absolute atomic E-state index is 0.0328. The van der Waals surface area contributed by atoms with Crippen molar-refractivity contribution in [1.82, 2.24) is 19.5 Å². The van der Waals surface area contributed by atoms with Crippen LogP contribution in [0.15, 0.2) is 48.5 Å². The molecule has 2 aromatic carbocycles. The average molecular weight is 428 g/mol. The van der Waals surface area contributed by atoms with Crippen LogP contribution in [0.2, 0.25) is 0 Å². The highest BCUT2D eigenvalue weighted by molar-refractivity contribution is 5.78. The van der Waals surface area contributed by atoms with Crippen molar-refractivity contribution in [2.45, 2.75) is 26.4 Å². The molecule has 31 heavy (non-hydrogen) atoms. The van der Waals surface area contributed by atoms with Crippen LogP contribution in [-0.4, -0.2) is 26.1 Å². The number of fused-ring (bicyclic) bond motifs is 1. The number of imidazole rings is 1. The molecular formula is C21H19F3N6O. The molecule has 2 aromatic heterocycles. The summed E-state index contributed by atoms with van der Waals surface area (Å²) in [6, 6.07) is 11.9. The summed E-state index contributed by atoms with van der Waals surface area (Å²) >= 11 is 0. The molecule has 3 N–H and O–H groups in total. The molecule has 0 radical (unpaired) electrons. The van der Waals surface area contributed by atoms with Crippen molar-refractivity contribution < 1.29 is 17.9 Å². The highest BCUT2D eigenvalue weighted by atomic mass is 19.3. The van der Waals surface area contributed by atoms with Gasteiger partial charge in [0.15, 0.2) is 0 Å². The second-order valence-electron chi connectivity index (χ2n) is 7.10. The van der Waals surface area contributed by atoms with E-state index in [4.69, 9.17) is 5.73 Å². The lowest BCUT2D eigenvalue weighted by Gasteiger charge is -2.13. The number of alkyl halides is 2. The van der Waals surface area contributed by atoms with E-state index >= 15 is 0 Å². The Balaban J connectivity index is 1.73. The summed E-state index contributed by atoms with van der Waals surface area (Å²) in [6.45, 7) is 1.05. The Morgan fingerprint density at radius 1 is 1.00 bits per heavy atom. The van der Waals surface area contributed by atoms with Gasteiger partial charge in [-0.25, -0.2) is 9.37 Å². The largest absolute Gasteiger partial charge is 0.435 e. The zero-order chi connectivity index (χ0) is 22.1. The maximum atomic E-state index is 13.7. The van der Waals surface area contributed by atoms with Crippen LogP contribution in [0.5, 0.6) is 5.75 Å². The molecule has 7 nitrogen and oxygen atoms in total. The van der Waals surface area contributed by atoms with Gasteiger partial charge in [0.05, 0.1) is 11.0 Å². The molecule has 0 spiro atoms. The summed E-state index contributed by atoms with van der Waals surface area (Å²) < 4.78 is 44.5. The SMILES string of the molecule is CC(C)c1nc2cc(F)ccc2n1-c1cc(N)nc(Nc2ccc(OC(F)F)cc2)n1. The van der Waals surface area contributed by atoms with Crippen LogP contribution in [0.25, 0.3) is 16.9 Å². The molecule has 0 aliphatic rings. The Kier molecular flexibility index (Phi) is 5.37. The topological polar surface area (TPSA) is 90.9 Å². The molecule has 0 bridgehead atoms. The number of rotatable bonds is 6. The smallest absolute Gasteiger partial charge is 0.387 e. The van der Waals surface area contributed by atoms with E-state index in [9.17, 15) is 13.2 Å². The lowest BCUT2D eigenvalue weighted by Crippen LogP contribution is -2.09. The van der Waals surface area contributed by atoms with Crippen molar-refractivity contribution in [1.29, 1.82) is 0 Å².